The molecule has 23 heavy (non-hydrogen) atoms. The third-order valence-electron chi connectivity index (χ3n) is 3.20. The molecule has 0 saturated carbocycles. The van der Waals surface area contributed by atoms with Gasteiger partial charge in [0.1, 0.15) is 6.54 Å². The van der Waals surface area contributed by atoms with Crippen molar-refractivity contribution in [3.05, 3.63) is 10.6 Å². The van der Waals surface area contributed by atoms with E-state index in [1.54, 1.807) is 6.92 Å². The molecule has 1 aliphatic rings. The van der Waals surface area contributed by atoms with Crippen LogP contribution >= 0.6 is 11.3 Å². The molecule has 2 rings (SSSR count). The van der Waals surface area contributed by atoms with Crippen LogP contribution in [0, 0.1) is 0 Å². The van der Waals surface area contributed by atoms with Crippen molar-refractivity contribution in [2.24, 2.45) is 0 Å². The predicted molar refractivity (Wildman–Crippen MR) is 85.0 cm³/mol. The molecule has 0 atom stereocenters. The van der Waals surface area contributed by atoms with Crippen LogP contribution in [0.1, 0.15) is 24.4 Å². The number of hydrogen-bond donors (Lipinski definition) is 2. The number of thiazole rings is 1. The highest BCUT2D eigenvalue weighted by molar-refractivity contribution is 7.15. The highest BCUT2D eigenvalue weighted by atomic mass is 32.1. The van der Waals surface area contributed by atoms with Gasteiger partial charge in [-0.3, -0.25) is 19.3 Å². The van der Waals surface area contributed by atoms with Gasteiger partial charge in [-0.05, 0) is 6.92 Å². The standard InChI is InChI=1S/C14H20N4O4S/c1-3-22-13(21)6-15-12(20)8-18-5-4-10-11(7-18)23-14(17-10)16-9(2)19/h3-8H2,1-2H3,(H,15,20)(H,16,17,19). The smallest absolute Gasteiger partial charge is 0.325 e. The maximum absolute atomic E-state index is 11.9. The largest absolute Gasteiger partial charge is 0.465 e. The number of ether oxygens (including phenoxy) is 1. The molecule has 0 saturated heterocycles. The molecule has 2 amide bonds. The molecule has 2 heterocycles. The zero-order chi connectivity index (χ0) is 16.8. The molecule has 0 aromatic carbocycles. The number of aromatic nitrogens is 1. The molecular formula is C14H20N4O4S. The zero-order valence-corrected chi connectivity index (χ0v) is 14.0. The number of carbonyl (C=O) groups excluding carboxylic acids is 3. The van der Waals surface area contributed by atoms with Crippen molar-refractivity contribution in [3.8, 4) is 0 Å². The van der Waals surface area contributed by atoms with Crippen molar-refractivity contribution in [1.29, 1.82) is 0 Å². The van der Waals surface area contributed by atoms with Crippen molar-refractivity contribution in [2.45, 2.75) is 26.8 Å². The number of anilines is 1. The molecule has 1 aromatic heterocycles. The van der Waals surface area contributed by atoms with Crippen molar-refractivity contribution >= 4 is 34.3 Å². The van der Waals surface area contributed by atoms with Crippen LogP contribution in [0.5, 0.6) is 0 Å². The van der Waals surface area contributed by atoms with Gasteiger partial charge >= 0.3 is 5.97 Å². The Bertz CT molecular complexity index is 602. The van der Waals surface area contributed by atoms with Gasteiger partial charge in [0.15, 0.2) is 5.13 Å². The number of nitrogens with one attached hydrogen (secondary N) is 2. The maximum atomic E-state index is 11.9. The van der Waals surface area contributed by atoms with Gasteiger partial charge < -0.3 is 15.4 Å². The topological polar surface area (TPSA) is 101 Å². The summed E-state index contributed by atoms with van der Waals surface area (Å²) in [5.41, 5.74) is 0.974. The van der Waals surface area contributed by atoms with E-state index < -0.39 is 5.97 Å². The number of amides is 2. The summed E-state index contributed by atoms with van der Waals surface area (Å²) in [5.74, 6) is -0.802. The van der Waals surface area contributed by atoms with Crippen LogP contribution < -0.4 is 10.6 Å². The van der Waals surface area contributed by atoms with Crippen LogP contribution in [0.2, 0.25) is 0 Å². The van der Waals surface area contributed by atoms with E-state index in [9.17, 15) is 14.4 Å². The summed E-state index contributed by atoms with van der Waals surface area (Å²) >= 11 is 1.43. The minimum atomic E-state index is -0.441. The Labute approximate surface area is 138 Å². The molecule has 0 radical (unpaired) electrons. The normalized spacial score (nSPS) is 14.0. The summed E-state index contributed by atoms with van der Waals surface area (Å²) in [7, 11) is 0. The van der Waals surface area contributed by atoms with Crippen LogP contribution in [0.4, 0.5) is 5.13 Å². The SMILES string of the molecule is CCOC(=O)CNC(=O)CN1CCc2nc(NC(C)=O)sc2C1. The Morgan fingerprint density at radius 2 is 2.17 bits per heavy atom. The summed E-state index contributed by atoms with van der Waals surface area (Å²) in [6.45, 7) is 4.88. The molecule has 0 aliphatic carbocycles. The Hall–Kier alpha value is -2.00. The minimum absolute atomic E-state index is 0.112. The Balaban J connectivity index is 1.82. The second-order valence-corrected chi connectivity index (χ2v) is 6.20. The summed E-state index contributed by atoms with van der Waals surface area (Å²) < 4.78 is 4.75. The fourth-order valence-corrected chi connectivity index (χ4v) is 3.33. The Morgan fingerprint density at radius 1 is 1.39 bits per heavy atom. The second-order valence-electron chi connectivity index (χ2n) is 5.11. The highest BCUT2D eigenvalue weighted by Crippen LogP contribution is 2.28. The monoisotopic (exact) mass is 340 g/mol. The predicted octanol–water partition coefficient (Wildman–Crippen LogP) is 0.139. The van der Waals surface area contributed by atoms with Gasteiger partial charge in [0.25, 0.3) is 0 Å². The highest BCUT2D eigenvalue weighted by Gasteiger charge is 2.22. The lowest BCUT2D eigenvalue weighted by atomic mass is 10.2. The molecule has 0 spiro atoms. The van der Waals surface area contributed by atoms with E-state index >= 15 is 0 Å². The zero-order valence-electron chi connectivity index (χ0n) is 13.2. The Kier molecular flexibility index (Phi) is 6.05. The lowest BCUT2D eigenvalue weighted by Crippen LogP contribution is -2.41. The number of nitrogens with zero attached hydrogens (tertiary/aromatic N) is 2. The van der Waals surface area contributed by atoms with E-state index in [2.05, 4.69) is 15.6 Å². The van der Waals surface area contributed by atoms with Gasteiger partial charge in [0.05, 0.1) is 18.8 Å². The number of fused-ring (bicyclic) bond motifs is 1. The molecule has 2 N–H and O–H groups in total. The van der Waals surface area contributed by atoms with Crippen LogP contribution in [0.3, 0.4) is 0 Å². The first-order valence-electron chi connectivity index (χ1n) is 7.38. The van der Waals surface area contributed by atoms with E-state index in [0.29, 0.717) is 24.8 Å². The van der Waals surface area contributed by atoms with Crippen LogP contribution in [0.25, 0.3) is 0 Å². The first-order chi connectivity index (χ1) is 11.0. The van der Waals surface area contributed by atoms with Gasteiger partial charge in [-0.1, -0.05) is 0 Å². The summed E-state index contributed by atoms with van der Waals surface area (Å²) in [6, 6.07) is 0. The second kappa shape index (κ2) is 8.02. The quantitative estimate of drug-likeness (QED) is 0.715. The van der Waals surface area contributed by atoms with E-state index in [-0.39, 0.29) is 24.9 Å². The molecule has 8 nitrogen and oxygen atoms in total. The van der Waals surface area contributed by atoms with Crippen molar-refractivity contribution in [1.82, 2.24) is 15.2 Å². The third-order valence-corrected chi connectivity index (χ3v) is 4.19. The number of hydrogen-bond acceptors (Lipinski definition) is 7. The minimum Gasteiger partial charge on any atom is -0.465 e. The first kappa shape index (κ1) is 17.4. The van der Waals surface area contributed by atoms with Crippen molar-refractivity contribution in [2.75, 3.05) is 31.6 Å². The lowest BCUT2D eigenvalue weighted by molar-refractivity contribution is -0.143. The first-order valence-corrected chi connectivity index (χ1v) is 8.20. The number of carbonyl (C=O) groups is 3. The van der Waals surface area contributed by atoms with Crippen molar-refractivity contribution in [3.63, 3.8) is 0 Å². The molecule has 9 heteroatoms. The molecule has 0 unspecified atom stereocenters. The number of rotatable bonds is 6. The molecule has 1 aromatic rings. The molecule has 1 aliphatic heterocycles. The summed E-state index contributed by atoms with van der Waals surface area (Å²) in [6.07, 6.45) is 0.733. The molecule has 0 bridgehead atoms. The van der Waals surface area contributed by atoms with Crippen LogP contribution in [0.15, 0.2) is 0 Å². The van der Waals surface area contributed by atoms with Crippen molar-refractivity contribution < 1.29 is 19.1 Å². The average molecular weight is 340 g/mol. The van der Waals surface area contributed by atoms with Gasteiger partial charge in [0, 0.05) is 31.3 Å². The van der Waals surface area contributed by atoms with Gasteiger partial charge in [-0.15, -0.1) is 11.3 Å². The van der Waals surface area contributed by atoms with E-state index in [1.807, 2.05) is 4.90 Å². The molecule has 0 fully saturated rings. The fourth-order valence-electron chi connectivity index (χ4n) is 2.23. The summed E-state index contributed by atoms with van der Waals surface area (Å²) in [5, 5.41) is 5.82. The molecule has 126 valence electrons. The summed E-state index contributed by atoms with van der Waals surface area (Å²) in [4.78, 5) is 41.5. The molecular weight excluding hydrogens is 320 g/mol. The average Bonchev–Trinajstić information content (AvgIpc) is 2.86. The van der Waals surface area contributed by atoms with Crippen LogP contribution in [-0.2, 0) is 32.1 Å². The van der Waals surface area contributed by atoms with Crippen LogP contribution in [-0.4, -0.2) is 53.9 Å². The maximum Gasteiger partial charge on any atom is 0.325 e. The van der Waals surface area contributed by atoms with Gasteiger partial charge in [0.2, 0.25) is 11.8 Å². The van der Waals surface area contributed by atoms with E-state index in [4.69, 9.17) is 4.74 Å². The number of esters is 1. The lowest BCUT2D eigenvalue weighted by Gasteiger charge is -2.24. The third kappa shape index (κ3) is 5.29. The van der Waals surface area contributed by atoms with Gasteiger partial charge in [-0.2, -0.15) is 0 Å². The van der Waals surface area contributed by atoms with E-state index in [1.165, 1.54) is 18.3 Å². The van der Waals surface area contributed by atoms with E-state index in [0.717, 1.165) is 17.0 Å². The van der Waals surface area contributed by atoms with Gasteiger partial charge in [-0.25, -0.2) is 4.98 Å². The fraction of sp³-hybridized carbons (Fsp3) is 0.571. The Morgan fingerprint density at radius 3 is 2.87 bits per heavy atom.